The molecule has 1 heterocycles. The van der Waals surface area contributed by atoms with E-state index in [0.717, 1.165) is 18.5 Å². The van der Waals surface area contributed by atoms with Gasteiger partial charge in [-0.15, -0.1) is 0 Å². The summed E-state index contributed by atoms with van der Waals surface area (Å²) in [7, 11) is 0. The van der Waals surface area contributed by atoms with E-state index in [0.29, 0.717) is 10.7 Å². The molecule has 1 saturated carbocycles. The monoisotopic (exact) mass is 294 g/mol. The van der Waals surface area contributed by atoms with E-state index in [1.54, 1.807) is 6.07 Å². The van der Waals surface area contributed by atoms with Crippen molar-refractivity contribution in [3.8, 4) is 0 Å². The number of carbonyl (C=O) groups excluding carboxylic acids is 1. The van der Waals surface area contributed by atoms with Crippen LogP contribution in [0.15, 0.2) is 12.1 Å². The number of aromatic nitrogens is 1. The minimum Gasteiger partial charge on any atom is -0.348 e. The first-order valence-electron chi connectivity index (χ1n) is 7.17. The van der Waals surface area contributed by atoms with Gasteiger partial charge >= 0.3 is 0 Å². The number of pyridine rings is 1. The van der Waals surface area contributed by atoms with E-state index in [1.807, 2.05) is 6.07 Å². The van der Waals surface area contributed by atoms with Gasteiger partial charge in [-0.2, -0.15) is 0 Å². The van der Waals surface area contributed by atoms with Gasteiger partial charge in [0.15, 0.2) is 0 Å². The molecule has 0 bridgehead atoms. The number of hydrogen-bond acceptors (Lipinski definition) is 2. The van der Waals surface area contributed by atoms with Crippen molar-refractivity contribution in [1.29, 1.82) is 0 Å². The smallest absolute Gasteiger partial charge is 0.251 e. The second kappa shape index (κ2) is 5.03. The number of nitrogens with one attached hydrogen (secondary N) is 1. The zero-order chi connectivity index (χ0) is 15.1. The summed E-state index contributed by atoms with van der Waals surface area (Å²) in [5.41, 5.74) is 1.74. The lowest BCUT2D eigenvalue weighted by Gasteiger charge is -2.08. The molecule has 3 nitrogen and oxygen atoms in total. The summed E-state index contributed by atoms with van der Waals surface area (Å²) >= 11 is 6.00. The second-order valence-corrected chi connectivity index (χ2v) is 7.16. The quantitative estimate of drug-likeness (QED) is 0.857. The zero-order valence-electron chi connectivity index (χ0n) is 12.9. The van der Waals surface area contributed by atoms with E-state index < -0.39 is 0 Å². The molecule has 1 N–H and O–H groups in total. The van der Waals surface area contributed by atoms with E-state index in [9.17, 15) is 4.79 Å². The average molecular weight is 295 g/mol. The third-order valence-electron chi connectivity index (χ3n) is 4.91. The summed E-state index contributed by atoms with van der Waals surface area (Å²) in [6.45, 7) is 10.8. The highest BCUT2D eigenvalue weighted by molar-refractivity contribution is 6.29. The highest BCUT2D eigenvalue weighted by Gasteiger charge is 2.65. The van der Waals surface area contributed by atoms with Crippen LogP contribution in [0.2, 0.25) is 5.15 Å². The third-order valence-corrected chi connectivity index (χ3v) is 5.11. The molecule has 0 aliphatic heterocycles. The molecule has 0 unspecified atom stereocenters. The summed E-state index contributed by atoms with van der Waals surface area (Å²) in [4.78, 5) is 16.6. The maximum atomic E-state index is 12.4. The molecule has 1 fully saturated rings. The number of hydrogen-bond donors (Lipinski definition) is 1. The van der Waals surface area contributed by atoms with Gasteiger partial charge in [-0.1, -0.05) is 52.6 Å². The molecular weight excluding hydrogens is 272 g/mol. The predicted molar refractivity (Wildman–Crippen MR) is 82.1 cm³/mol. The summed E-state index contributed by atoms with van der Waals surface area (Å²) in [5.74, 6) is -0.0599. The lowest BCUT2D eigenvalue weighted by atomic mass is 10.0. The van der Waals surface area contributed by atoms with Gasteiger partial charge in [0.1, 0.15) is 5.15 Å². The first-order valence-corrected chi connectivity index (χ1v) is 7.55. The van der Waals surface area contributed by atoms with Crippen LogP contribution in [0.5, 0.6) is 0 Å². The third kappa shape index (κ3) is 2.56. The van der Waals surface area contributed by atoms with Crippen molar-refractivity contribution in [3.05, 3.63) is 28.5 Å². The molecular formula is C16H23ClN2O. The molecule has 110 valence electrons. The predicted octanol–water partition coefficient (Wildman–Crippen LogP) is 3.85. The number of aryl methyl sites for hydroxylation is 1. The number of rotatable bonds is 4. The van der Waals surface area contributed by atoms with Crippen molar-refractivity contribution in [2.24, 2.45) is 10.8 Å². The molecule has 0 atom stereocenters. The summed E-state index contributed by atoms with van der Waals surface area (Å²) in [5, 5.41) is 3.51. The summed E-state index contributed by atoms with van der Waals surface area (Å²) in [6, 6.07) is 3.68. The van der Waals surface area contributed by atoms with Crippen molar-refractivity contribution >= 4 is 17.5 Å². The minimum atomic E-state index is -0.0599. The highest BCUT2D eigenvalue weighted by atomic mass is 35.5. The van der Waals surface area contributed by atoms with E-state index in [4.69, 9.17) is 11.6 Å². The standard InChI is InChI=1S/C16H23ClN2O/c1-6-7-11-8-10(9-12(17)18-11)13(20)19-14-15(2,3)16(14,4)5/h8-9,14H,6-7H2,1-5H3,(H,19,20). The number of amides is 1. The molecule has 2 rings (SSSR count). The van der Waals surface area contributed by atoms with Crippen LogP contribution in [0.3, 0.4) is 0 Å². The molecule has 0 aromatic carbocycles. The van der Waals surface area contributed by atoms with Crippen molar-refractivity contribution in [1.82, 2.24) is 10.3 Å². The van der Waals surface area contributed by atoms with Crippen molar-refractivity contribution in [2.45, 2.75) is 53.5 Å². The summed E-state index contributed by atoms with van der Waals surface area (Å²) in [6.07, 6.45) is 1.82. The topological polar surface area (TPSA) is 42.0 Å². The van der Waals surface area contributed by atoms with Crippen LogP contribution in [0.25, 0.3) is 0 Å². The minimum absolute atomic E-state index is 0.0599. The van der Waals surface area contributed by atoms with Gasteiger partial charge in [0.05, 0.1) is 0 Å². The normalized spacial score (nSPS) is 19.7. The van der Waals surface area contributed by atoms with Crippen LogP contribution in [0, 0.1) is 10.8 Å². The van der Waals surface area contributed by atoms with Crippen LogP contribution in [-0.2, 0) is 6.42 Å². The molecule has 1 aromatic heterocycles. The van der Waals surface area contributed by atoms with Gasteiger partial charge in [-0.25, -0.2) is 4.98 Å². The first kappa shape index (κ1) is 15.3. The van der Waals surface area contributed by atoms with Gasteiger partial charge in [0, 0.05) is 17.3 Å². The van der Waals surface area contributed by atoms with Gasteiger partial charge in [-0.3, -0.25) is 4.79 Å². The molecule has 1 aromatic rings. The van der Waals surface area contributed by atoms with Crippen LogP contribution >= 0.6 is 11.6 Å². The maximum Gasteiger partial charge on any atom is 0.251 e. The van der Waals surface area contributed by atoms with E-state index >= 15 is 0 Å². The molecule has 20 heavy (non-hydrogen) atoms. The van der Waals surface area contributed by atoms with Crippen molar-refractivity contribution in [3.63, 3.8) is 0 Å². The SMILES string of the molecule is CCCc1cc(C(=O)NC2C(C)(C)C2(C)C)cc(Cl)n1. The Balaban J connectivity index is 2.15. The Kier molecular flexibility index (Phi) is 3.85. The Morgan fingerprint density at radius 1 is 1.30 bits per heavy atom. The van der Waals surface area contributed by atoms with Gasteiger partial charge in [0.2, 0.25) is 0 Å². The van der Waals surface area contributed by atoms with Crippen LogP contribution in [-0.4, -0.2) is 16.9 Å². The number of nitrogens with zero attached hydrogens (tertiary/aromatic N) is 1. The van der Waals surface area contributed by atoms with Crippen molar-refractivity contribution in [2.75, 3.05) is 0 Å². The fourth-order valence-corrected chi connectivity index (χ4v) is 3.06. The Hall–Kier alpha value is -1.09. The molecule has 0 spiro atoms. The van der Waals surface area contributed by atoms with Gasteiger partial charge in [-0.05, 0) is 29.4 Å². The van der Waals surface area contributed by atoms with Crippen LogP contribution in [0.4, 0.5) is 0 Å². The molecule has 1 amide bonds. The molecule has 1 aliphatic carbocycles. The fraction of sp³-hybridized carbons (Fsp3) is 0.625. The number of carbonyl (C=O) groups is 1. The Morgan fingerprint density at radius 2 is 1.90 bits per heavy atom. The maximum absolute atomic E-state index is 12.4. The van der Waals surface area contributed by atoms with Gasteiger partial charge < -0.3 is 5.32 Å². The van der Waals surface area contributed by atoms with Crippen molar-refractivity contribution < 1.29 is 4.79 Å². The Bertz CT molecular complexity index is 523. The number of halogens is 1. The molecule has 0 saturated heterocycles. The second-order valence-electron chi connectivity index (χ2n) is 6.77. The van der Waals surface area contributed by atoms with E-state index in [-0.39, 0.29) is 22.8 Å². The molecule has 0 radical (unpaired) electrons. The average Bonchev–Trinajstić information content (AvgIpc) is 2.71. The lowest BCUT2D eigenvalue weighted by Crippen LogP contribution is -2.29. The van der Waals surface area contributed by atoms with Crippen LogP contribution in [0.1, 0.15) is 57.1 Å². The highest BCUT2D eigenvalue weighted by Crippen LogP contribution is 2.62. The first-order chi connectivity index (χ1) is 9.20. The Morgan fingerprint density at radius 3 is 2.40 bits per heavy atom. The molecule has 4 heteroatoms. The van der Waals surface area contributed by atoms with Crippen LogP contribution < -0.4 is 5.32 Å². The fourth-order valence-electron chi connectivity index (χ4n) is 2.84. The van der Waals surface area contributed by atoms with E-state index in [2.05, 4.69) is 44.9 Å². The van der Waals surface area contributed by atoms with Gasteiger partial charge in [0.25, 0.3) is 5.91 Å². The largest absolute Gasteiger partial charge is 0.348 e. The van der Waals surface area contributed by atoms with E-state index in [1.165, 1.54) is 0 Å². The zero-order valence-corrected chi connectivity index (χ0v) is 13.6. The summed E-state index contributed by atoms with van der Waals surface area (Å²) < 4.78 is 0. The molecule has 1 aliphatic rings. The Labute approximate surface area is 126 Å². The lowest BCUT2D eigenvalue weighted by molar-refractivity contribution is 0.0943.